The van der Waals surface area contributed by atoms with E-state index in [4.69, 9.17) is 0 Å². The molecule has 1 aliphatic rings. The average Bonchev–Trinajstić information content (AvgIpc) is 2.86. The first kappa shape index (κ1) is 14.8. The smallest absolute Gasteiger partial charge is 0.232 e. The van der Waals surface area contributed by atoms with E-state index < -0.39 is 22.9 Å². The number of nitrogens with one attached hydrogen (secondary N) is 2. The van der Waals surface area contributed by atoms with Gasteiger partial charge in [-0.2, -0.15) is 0 Å². The molecule has 0 radical (unpaired) electrons. The van der Waals surface area contributed by atoms with Crippen molar-refractivity contribution < 1.29 is 18.0 Å². The van der Waals surface area contributed by atoms with Gasteiger partial charge in [-0.05, 0) is 18.9 Å². The monoisotopic (exact) mass is 286 g/mol. The molecule has 110 valence electrons. The van der Waals surface area contributed by atoms with Crippen LogP contribution < -0.4 is 10.6 Å². The lowest BCUT2D eigenvalue weighted by molar-refractivity contribution is -0.126. The maximum absolute atomic E-state index is 13.1. The Morgan fingerprint density at radius 2 is 1.90 bits per heavy atom. The van der Waals surface area contributed by atoms with Crippen molar-refractivity contribution in [1.29, 1.82) is 0 Å². The van der Waals surface area contributed by atoms with Crippen LogP contribution in [0.15, 0.2) is 12.1 Å². The molecular weight excluding hydrogens is 269 g/mol. The zero-order valence-corrected chi connectivity index (χ0v) is 11.4. The van der Waals surface area contributed by atoms with Gasteiger partial charge in [0.05, 0.1) is 5.41 Å². The molecule has 3 nitrogen and oxygen atoms in total. The molecule has 2 rings (SSSR count). The maximum Gasteiger partial charge on any atom is 0.232 e. The second kappa shape index (κ2) is 5.44. The van der Waals surface area contributed by atoms with E-state index >= 15 is 0 Å². The van der Waals surface area contributed by atoms with Crippen LogP contribution in [0.25, 0.3) is 0 Å². The van der Waals surface area contributed by atoms with Gasteiger partial charge in [-0.15, -0.1) is 0 Å². The molecule has 1 fully saturated rings. The summed E-state index contributed by atoms with van der Waals surface area (Å²) in [6.45, 7) is 5.09. The maximum atomic E-state index is 13.1. The summed E-state index contributed by atoms with van der Waals surface area (Å²) in [5.41, 5.74) is -0.681. The molecule has 1 aromatic rings. The number of rotatable bonds is 3. The van der Waals surface area contributed by atoms with Crippen LogP contribution in [-0.2, 0) is 4.79 Å². The van der Waals surface area contributed by atoms with Gasteiger partial charge in [0.2, 0.25) is 5.91 Å². The molecule has 1 saturated heterocycles. The van der Waals surface area contributed by atoms with Crippen molar-refractivity contribution in [3.05, 3.63) is 29.6 Å². The van der Waals surface area contributed by atoms with Crippen LogP contribution >= 0.6 is 0 Å². The van der Waals surface area contributed by atoms with Crippen LogP contribution in [0.2, 0.25) is 0 Å². The van der Waals surface area contributed by atoms with E-state index in [0.29, 0.717) is 13.0 Å². The molecule has 1 amide bonds. The van der Waals surface area contributed by atoms with E-state index in [0.717, 1.165) is 18.7 Å². The fraction of sp³-hybridized carbons (Fsp3) is 0.500. The quantitative estimate of drug-likeness (QED) is 0.839. The third-order valence-corrected chi connectivity index (χ3v) is 3.99. The van der Waals surface area contributed by atoms with Crippen molar-refractivity contribution in [3.8, 4) is 0 Å². The van der Waals surface area contributed by atoms with Gasteiger partial charge in [0, 0.05) is 24.4 Å². The predicted octanol–water partition coefficient (Wildman–Crippen LogP) is 2.68. The molecule has 0 aliphatic carbocycles. The molecule has 6 heteroatoms. The van der Waals surface area contributed by atoms with Crippen LogP contribution in [0.1, 0.15) is 20.3 Å². The van der Waals surface area contributed by atoms with Gasteiger partial charge >= 0.3 is 0 Å². The van der Waals surface area contributed by atoms with Crippen LogP contribution in [0.5, 0.6) is 0 Å². The number of carbonyl (C=O) groups is 1. The summed E-state index contributed by atoms with van der Waals surface area (Å²) in [5.74, 6) is -4.40. The largest absolute Gasteiger partial charge is 0.325 e. The Kier molecular flexibility index (Phi) is 4.04. The minimum atomic E-state index is -1.54. The van der Waals surface area contributed by atoms with E-state index in [1.807, 2.05) is 13.8 Å². The van der Waals surface area contributed by atoms with Gasteiger partial charge in [0.1, 0.15) is 0 Å². The van der Waals surface area contributed by atoms with Gasteiger partial charge in [0.15, 0.2) is 17.5 Å². The first-order valence-corrected chi connectivity index (χ1v) is 6.53. The Hall–Kier alpha value is -1.56. The van der Waals surface area contributed by atoms with Crippen molar-refractivity contribution in [1.82, 2.24) is 5.32 Å². The lowest BCUT2D eigenvalue weighted by atomic mass is 9.75. The summed E-state index contributed by atoms with van der Waals surface area (Å²) in [7, 11) is 0. The molecule has 2 N–H and O–H groups in total. The van der Waals surface area contributed by atoms with E-state index in [2.05, 4.69) is 10.6 Å². The van der Waals surface area contributed by atoms with Crippen molar-refractivity contribution in [2.75, 3.05) is 18.4 Å². The summed E-state index contributed by atoms with van der Waals surface area (Å²) in [4.78, 5) is 12.4. The molecule has 1 aromatic carbocycles. The lowest BCUT2D eigenvalue weighted by Crippen LogP contribution is -2.42. The number of benzene rings is 1. The molecule has 1 heterocycles. The van der Waals surface area contributed by atoms with E-state index in [1.165, 1.54) is 0 Å². The number of halogens is 3. The molecule has 0 bridgehead atoms. The molecule has 0 aromatic heterocycles. The molecular formula is C14H17F3N2O. The average molecular weight is 286 g/mol. The van der Waals surface area contributed by atoms with Gasteiger partial charge < -0.3 is 10.6 Å². The van der Waals surface area contributed by atoms with Gasteiger partial charge in [-0.25, -0.2) is 13.2 Å². The van der Waals surface area contributed by atoms with Crippen LogP contribution in [0.4, 0.5) is 18.9 Å². The molecule has 0 spiro atoms. The topological polar surface area (TPSA) is 41.1 Å². The Bertz CT molecular complexity index is 502. The zero-order chi connectivity index (χ0) is 14.9. The fourth-order valence-corrected chi connectivity index (χ4v) is 2.54. The summed E-state index contributed by atoms with van der Waals surface area (Å²) >= 11 is 0. The molecule has 0 saturated carbocycles. The van der Waals surface area contributed by atoms with Gasteiger partial charge in [0.25, 0.3) is 0 Å². The van der Waals surface area contributed by atoms with Crippen molar-refractivity contribution in [2.24, 2.45) is 11.3 Å². The number of hydrogen-bond donors (Lipinski definition) is 2. The predicted molar refractivity (Wildman–Crippen MR) is 69.7 cm³/mol. The third kappa shape index (κ3) is 2.52. The standard InChI is InChI=1S/C14H17F3N2O/c1-8(2)14(3-4-18-7-14)13(20)19-9-5-10(15)12(17)11(16)6-9/h5-6,8,18H,3-4,7H2,1-2H3,(H,19,20). The zero-order valence-electron chi connectivity index (χ0n) is 11.4. The van der Waals surface area contributed by atoms with E-state index in [9.17, 15) is 18.0 Å². The third-order valence-electron chi connectivity index (χ3n) is 3.99. The minimum Gasteiger partial charge on any atom is -0.325 e. The summed E-state index contributed by atoms with van der Waals surface area (Å²) in [6, 6.07) is 1.57. The van der Waals surface area contributed by atoms with Crippen molar-refractivity contribution >= 4 is 11.6 Å². The number of hydrogen-bond acceptors (Lipinski definition) is 2. The first-order valence-electron chi connectivity index (χ1n) is 6.53. The lowest BCUT2D eigenvalue weighted by Gasteiger charge is -2.31. The molecule has 1 aliphatic heterocycles. The van der Waals surface area contributed by atoms with E-state index in [1.54, 1.807) is 0 Å². The Balaban J connectivity index is 2.23. The first-order chi connectivity index (χ1) is 9.36. The van der Waals surface area contributed by atoms with Gasteiger partial charge in [-0.1, -0.05) is 13.8 Å². The number of amides is 1. The Labute approximate surface area is 115 Å². The van der Waals surface area contributed by atoms with E-state index in [-0.39, 0.29) is 17.5 Å². The summed E-state index contributed by atoms with van der Waals surface area (Å²) < 4.78 is 39.2. The second-order valence-corrected chi connectivity index (χ2v) is 5.45. The number of carbonyl (C=O) groups excluding carboxylic acids is 1. The SMILES string of the molecule is CC(C)C1(C(=O)Nc2cc(F)c(F)c(F)c2)CCNC1. The Morgan fingerprint density at radius 1 is 1.30 bits per heavy atom. The highest BCUT2D eigenvalue weighted by Gasteiger charge is 2.43. The fourth-order valence-electron chi connectivity index (χ4n) is 2.54. The highest BCUT2D eigenvalue weighted by molar-refractivity contribution is 5.96. The van der Waals surface area contributed by atoms with Crippen LogP contribution in [0, 0.1) is 28.8 Å². The van der Waals surface area contributed by atoms with Crippen LogP contribution in [-0.4, -0.2) is 19.0 Å². The highest BCUT2D eigenvalue weighted by atomic mass is 19.2. The van der Waals surface area contributed by atoms with Crippen LogP contribution in [0.3, 0.4) is 0 Å². The summed E-state index contributed by atoms with van der Waals surface area (Å²) in [5, 5.41) is 5.61. The van der Waals surface area contributed by atoms with Crippen molar-refractivity contribution in [2.45, 2.75) is 20.3 Å². The number of anilines is 1. The molecule has 1 atom stereocenters. The second-order valence-electron chi connectivity index (χ2n) is 5.45. The van der Waals surface area contributed by atoms with Gasteiger partial charge in [-0.3, -0.25) is 4.79 Å². The normalized spacial score (nSPS) is 22.3. The molecule has 20 heavy (non-hydrogen) atoms. The molecule has 1 unspecified atom stereocenters. The summed E-state index contributed by atoms with van der Waals surface area (Å²) in [6.07, 6.45) is 0.655. The highest BCUT2D eigenvalue weighted by Crippen LogP contribution is 2.35. The van der Waals surface area contributed by atoms with Crippen molar-refractivity contribution in [3.63, 3.8) is 0 Å². The Morgan fingerprint density at radius 3 is 2.35 bits per heavy atom. The minimum absolute atomic E-state index is 0.0710.